The summed E-state index contributed by atoms with van der Waals surface area (Å²) in [5.41, 5.74) is 0.650. The first-order valence-electron chi connectivity index (χ1n) is 7.49. The molecule has 2 atom stereocenters. The second-order valence-corrected chi connectivity index (χ2v) is 6.31. The minimum Gasteiger partial charge on any atom is -0.311 e. The molecular weight excluding hydrogens is 194 g/mol. The molecule has 0 aromatic carbocycles. The number of hydrogen-bond acceptors (Lipinski definition) is 1. The fraction of sp³-hybridized carbons (Fsp3) is 1.00. The van der Waals surface area contributed by atoms with Gasteiger partial charge in [-0.3, -0.25) is 0 Å². The second-order valence-electron chi connectivity index (χ2n) is 6.31. The predicted octanol–water partition coefficient (Wildman–Crippen LogP) is 4.27. The Hall–Kier alpha value is -0.0400. The molecule has 2 rings (SSSR count). The molecule has 1 nitrogen and oxygen atoms in total. The highest BCUT2D eigenvalue weighted by molar-refractivity contribution is 4.94. The molecule has 1 aliphatic heterocycles. The number of rotatable bonds is 0. The maximum atomic E-state index is 3.81. The van der Waals surface area contributed by atoms with Crippen LogP contribution in [0.1, 0.15) is 78.1 Å². The summed E-state index contributed by atoms with van der Waals surface area (Å²) in [7, 11) is 0. The first-order valence-corrected chi connectivity index (χ1v) is 7.49. The lowest BCUT2D eigenvalue weighted by molar-refractivity contribution is 0.0937. The predicted molar refractivity (Wildman–Crippen MR) is 70.7 cm³/mol. The van der Waals surface area contributed by atoms with Crippen LogP contribution in [0.5, 0.6) is 0 Å². The summed E-state index contributed by atoms with van der Waals surface area (Å²) in [4.78, 5) is 0. The summed E-state index contributed by atoms with van der Waals surface area (Å²) in [6.45, 7) is 4.78. The van der Waals surface area contributed by atoms with E-state index in [4.69, 9.17) is 0 Å². The topological polar surface area (TPSA) is 12.0 Å². The minimum atomic E-state index is 0.650. The van der Waals surface area contributed by atoms with Crippen molar-refractivity contribution < 1.29 is 0 Å². The van der Waals surface area contributed by atoms with Crippen LogP contribution in [-0.2, 0) is 0 Å². The average molecular weight is 223 g/mol. The van der Waals surface area contributed by atoms with E-state index in [-0.39, 0.29) is 0 Å². The van der Waals surface area contributed by atoms with E-state index >= 15 is 0 Å². The molecule has 1 spiro atoms. The van der Waals surface area contributed by atoms with Crippen molar-refractivity contribution in [2.75, 3.05) is 0 Å². The molecule has 2 fully saturated rings. The fourth-order valence-electron chi connectivity index (χ4n) is 3.88. The Balaban J connectivity index is 2.01. The van der Waals surface area contributed by atoms with E-state index in [0.29, 0.717) is 5.41 Å². The van der Waals surface area contributed by atoms with Crippen molar-refractivity contribution in [2.24, 2.45) is 5.41 Å². The fourth-order valence-corrected chi connectivity index (χ4v) is 3.88. The van der Waals surface area contributed by atoms with Crippen LogP contribution in [-0.4, -0.2) is 12.1 Å². The van der Waals surface area contributed by atoms with Crippen molar-refractivity contribution in [1.29, 1.82) is 0 Å². The second kappa shape index (κ2) is 5.53. The standard InChI is InChI=1S/C15H29N/c1-13-9-12-15(14(2)16-13)10-7-5-3-4-6-8-11-15/h13-14,16H,3-12H2,1-2H3. The molecule has 0 bridgehead atoms. The third kappa shape index (κ3) is 2.80. The molecule has 1 aliphatic carbocycles. The maximum Gasteiger partial charge on any atom is 0.00976 e. The molecule has 0 amide bonds. The van der Waals surface area contributed by atoms with Crippen molar-refractivity contribution in [3.8, 4) is 0 Å². The monoisotopic (exact) mass is 223 g/mol. The molecule has 1 N–H and O–H groups in total. The quantitative estimate of drug-likeness (QED) is 0.647. The number of hydrogen-bond donors (Lipinski definition) is 1. The number of nitrogens with one attached hydrogen (secondary N) is 1. The lowest BCUT2D eigenvalue weighted by atomic mass is 9.67. The zero-order valence-electron chi connectivity index (χ0n) is 11.2. The molecule has 1 heterocycles. The molecule has 0 aromatic rings. The Bertz CT molecular complexity index is 201. The Morgan fingerprint density at radius 3 is 1.94 bits per heavy atom. The third-order valence-electron chi connectivity index (χ3n) is 5.13. The molecule has 1 heteroatoms. The minimum absolute atomic E-state index is 0.650. The van der Waals surface area contributed by atoms with Crippen LogP contribution in [0.25, 0.3) is 0 Å². The highest BCUT2D eigenvalue weighted by Gasteiger charge is 2.38. The van der Waals surface area contributed by atoms with Crippen molar-refractivity contribution in [3.05, 3.63) is 0 Å². The van der Waals surface area contributed by atoms with Gasteiger partial charge in [0.25, 0.3) is 0 Å². The molecule has 94 valence electrons. The Morgan fingerprint density at radius 2 is 1.38 bits per heavy atom. The highest BCUT2D eigenvalue weighted by Crippen LogP contribution is 2.43. The first-order chi connectivity index (χ1) is 7.73. The lowest BCUT2D eigenvalue weighted by Gasteiger charge is -2.46. The van der Waals surface area contributed by atoms with Gasteiger partial charge in [0.1, 0.15) is 0 Å². The van der Waals surface area contributed by atoms with E-state index in [1.54, 1.807) is 0 Å². The van der Waals surface area contributed by atoms with E-state index in [1.165, 1.54) is 64.2 Å². The van der Waals surface area contributed by atoms with Crippen molar-refractivity contribution >= 4 is 0 Å². The van der Waals surface area contributed by atoms with Crippen LogP contribution in [0, 0.1) is 5.41 Å². The van der Waals surface area contributed by atoms with Gasteiger partial charge in [0.2, 0.25) is 0 Å². The molecule has 0 aromatic heterocycles. The molecular formula is C15H29N. The molecule has 1 saturated heterocycles. The van der Waals surface area contributed by atoms with Gasteiger partial charge in [0.15, 0.2) is 0 Å². The highest BCUT2D eigenvalue weighted by atomic mass is 15.0. The van der Waals surface area contributed by atoms with E-state index in [1.807, 2.05) is 0 Å². The maximum absolute atomic E-state index is 3.81. The van der Waals surface area contributed by atoms with Gasteiger partial charge < -0.3 is 5.32 Å². The van der Waals surface area contributed by atoms with Gasteiger partial charge in [-0.1, -0.05) is 38.5 Å². The summed E-state index contributed by atoms with van der Waals surface area (Å²) in [6.07, 6.45) is 14.7. The first kappa shape index (κ1) is 12.4. The summed E-state index contributed by atoms with van der Waals surface area (Å²) < 4.78 is 0. The Kier molecular flexibility index (Phi) is 4.29. The Morgan fingerprint density at radius 1 is 0.812 bits per heavy atom. The largest absolute Gasteiger partial charge is 0.311 e. The summed E-state index contributed by atoms with van der Waals surface area (Å²) in [5, 5.41) is 3.81. The van der Waals surface area contributed by atoms with Crippen molar-refractivity contribution in [1.82, 2.24) is 5.32 Å². The summed E-state index contributed by atoms with van der Waals surface area (Å²) in [5.74, 6) is 0. The Labute approximate surface area is 101 Å². The smallest absolute Gasteiger partial charge is 0.00976 e. The van der Waals surface area contributed by atoms with E-state index < -0.39 is 0 Å². The average Bonchev–Trinajstić information content (AvgIpc) is 2.37. The molecule has 2 unspecified atom stereocenters. The van der Waals surface area contributed by atoms with Crippen LogP contribution in [0.15, 0.2) is 0 Å². The van der Waals surface area contributed by atoms with Gasteiger partial charge in [-0.05, 0) is 44.9 Å². The van der Waals surface area contributed by atoms with Crippen LogP contribution >= 0.6 is 0 Å². The summed E-state index contributed by atoms with van der Waals surface area (Å²) in [6, 6.07) is 1.49. The van der Waals surface area contributed by atoms with Gasteiger partial charge in [0.05, 0.1) is 0 Å². The van der Waals surface area contributed by atoms with Crippen LogP contribution < -0.4 is 5.32 Å². The zero-order valence-corrected chi connectivity index (χ0v) is 11.2. The van der Waals surface area contributed by atoms with Crippen LogP contribution in [0.4, 0.5) is 0 Å². The zero-order chi connectivity index (χ0) is 11.4. The lowest BCUT2D eigenvalue weighted by Crippen LogP contribution is -2.51. The molecule has 2 aliphatic rings. The number of piperidine rings is 1. The van der Waals surface area contributed by atoms with Gasteiger partial charge in [-0.25, -0.2) is 0 Å². The van der Waals surface area contributed by atoms with Crippen LogP contribution in [0.2, 0.25) is 0 Å². The normalized spacial score (nSPS) is 36.4. The van der Waals surface area contributed by atoms with Crippen molar-refractivity contribution in [3.63, 3.8) is 0 Å². The van der Waals surface area contributed by atoms with E-state index in [9.17, 15) is 0 Å². The van der Waals surface area contributed by atoms with Gasteiger partial charge in [-0.2, -0.15) is 0 Å². The van der Waals surface area contributed by atoms with E-state index in [2.05, 4.69) is 19.2 Å². The van der Waals surface area contributed by atoms with Gasteiger partial charge in [0, 0.05) is 12.1 Å². The molecule has 0 radical (unpaired) electrons. The van der Waals surface area contributed by atoms with Crippen molar-refractivity contribution in [2.45, 2.75) is 90.1 Å². The summed E-state index contributed by atoms with van der Waals surface area (Å²) >= 11 is 0. The van der Waals surface area contributed by atoms with Gasteiger partial charge in [-0.15, -0.1) is 0 Å². The van der Waals surface area contributed by atoms with E-state index in [0.717, 1.165) is 12.1 Å². The molecule has 1 saturated carbocycles. The molecule has 16 heavy (non-hydrogen) atoms. The SMILES string of the molecule is CC1CCC2(CCCCCCCC2)C(C)N1. The third-order valence-corrected chi connectivity index (χ3v) is 5.13. The van der Waals surface area contributed by atoms with Gasteiger partial charge >= 0.3 is 0 Å². The van der Waals surface area contributed by atoms with Crippen LogP contribution in [0.3, 0.4) is 0 Å².